The molecule has 120 valence electrons. The first kappa shape index (κ1) is 16.9. The molecule has 0 bridgehead atoms. The van der Waals surface area contributed by atoms with Crippen LogP contribution >= 0.6 is 11.6 Å². The highest BCUT2D eigenvalue weighted by Gasteiger charge is 2.32. The predicted molar refractivity (Wildman–Crippen MR) is 82.1 cm³/mol. The first-order valence-electron chi connectivity index (χ1n) is 6.84. The highest BCUT2D eigenvalue weighted by atomic mass is 35.5. The zero-order chi connectivity index (χ0) is 16.9. The average molecular weight is 331 g/mol. The lowest BCUT2D eigenvalue weighted by Crippen LogP contribution is -2.14. The van der Waals surface area contributed by atoms with Crippen molar-refractivity contribution < 1.29 is 13.2 Å². The Morgan fingerprint density at radius 1 is 1.14 bits per heavy atom. The molecule has 0 aliphatic heterocycles. The number of nitrogens with zero attached hydrogens (tertiary/aromatic N) is 2. The summed E-state index contributed by atoms with van der Waals surface area (Å²) >= 11 is 6.13. The van der Waals surface area contributed by atoms with Gasteiger partial charge in [-0.1, -0.05) is 38.4 Å². The van der Waals surface area contributed by atoms with E-state index < -0.39 is 11.7 Å². The van der Waals surface area contributed by atoms with Crippen molar-refractivity contribution in [1.82, 2.24) is 9.78 Å². The Balaban J connectivity index is 2.69. The van der Waals surface area contributed by atoms with Gasteiger partial charge in [-0.2, -0.15) is 18.3 Å². The number of halogens is 4. The van der Waals surface area contributed by atoms with Gasteiger partial charge in [-0.25, -0.2) is 0 Å². The Labute approximate surface area is 132 Å². The van der Waals surface area contributed by atoms with Gasteiger partial charge in [-0.15, -0.1) is 0 Å². The van der Waals surface area contributed by atoms with E-state index in [1.54, 1.807) is 11.7 Å². The zero-order valence-corrected chi connectivity index (χ0v) is 13.9. The van der Waals surface area contributed by atoms with Crippen LogP contribution in [0.4, 0.5) is 13.2 Å². The van der Waals surface area contributed by atoms with Crippen molar-refractivity contribution in [3.63, 3.8) is 0 Å². The Bertz CT molecular complexity index is 709. The molecule has 0 aliphatic carbocycles. The molecule has 1 aromatic carbocycles. The van der Waals surface area contributed by atoms with Crippen molar-refractivity contribution in [3.05, 3.63) is 40.0 Å². The second kappa shape index (κ2) is 5.30. The molecule has 2 rings (SSSR count). The van der Waals surface area contributed by atoms with Gasteiger partial charge in [0.25, 0.3) is 0 Å². The molecule has 0 saturated carbocycles. The molecule has 2 aromatic rings. The molecule has 0 atom stereocenters. The van der Waals surface area contributed by atoms with E-state index >= 15 is 0 Å². The summed E-state index contributed by atoms with van der Waals surface area (Å²) in [6.07, 6.45) is -4.41. The van der Waals surface area contributed by atoms with E-state index in [1.165, 1.54) is 6.07 Å². The lowest BCUT2D eigenvalue weighted by atomic mass is 9.83. The summed E-state index contributed by atoms with van der Waals surface area (Å²) in [5.74, 6) is 0. The van der Waals surface area contributed by atoms with Crippen molar-refractivity contribution in [2.75, 3.05) is 0 Å². The van der Waals surface area contributed by atoms with E-state index in [-0.39, 0.29) is 10.4 Å². The summed E-state index contributed by atoms with van der Waals surface area (Å²) in [6, 6.07) is 3.43. The van der Waals surface area contributed by atoms with Crippen LogP contribution in [0, 0.1) is 6.92 Å². The standard InChI is InChI=1S/C16H18ClF3N2/c1-9-13(15(2,3)4)14(22(5)21-9)11-7-6-10(8-12(11)17)16(18,19)20/h6-8H,1-5H3. The minimum atomic E-state index is -4.41. The summed E-state index contributed by atoms with van der Waals surface area (Å²) in [5, 5.41) is 4.47. The molecule has 0 N–H and O–H groups in total. The number of benzene rings is 1. The van der Waals surface area contributed by atoms with Crippen molar-refractivity contribution >= 4 is 11.6 Å². The highest BCUT2D eigenvalue weighted by Crippen LogP contribution is 2.40. The smallest absolute Gasteiger partial charge is 0.267 e. The second-order valence-electron chi connectivity index (χ2n) is 6.38. The third kappa shape index (κ3) is 3.00. The normalized spacial score (nSPS) is 12.8. The van der Waals surface area contributed by atoms with Crippen LogP contribution in [0.15, 0.2) is 18.2 Å². The molecular weight excluding hydrogens is 313 g/mol. The Kier molecular flexibility index (Phi) is 4.07. The van der Waals surface area contributed by atoms with Crippen LogP contribution in [-0.4, -0.2) is 9.78 Å². The fourth-order valence-electron chi connectivity index (χ4n) is 2.75. The molecule has 0 spiro atoms. The third-order valence-electron chi connectivity index (χ3n) is 3.52. The Hall–Kier alpha value is -1.49. The summed E-state index contributed by atoms with van der Waals surface area (Å²) < 4.78 is 40.0. The van der Waals surface area contributed by atoms with Gasteiger partial charge in [0.1, 0.15) is 0 Å². The van der Waals surface area contributed by atoms with Crippen LogP contribution in [0.1, 0.15) is 37.6 Å². The average Bonchev–Trinajstić information content (AvgIpc) is 2.62. The third-order valence-corrected chi connectivity index (χ3v) is 3.84. The van der Waals surface area contributed by atoms with Gasteiger partial charge in [-0.3, -0.25) is 4.68 Å². The zero-order valence-electron chi connectivity index (χ0n) is 13.1. The molecule has 0 saturated heterocycles. The molecule has 6 heteroatoms. The number of aryl methyl sites for hydroxylation is 2. The van der Waals surface area contributed by atoms with Crippen LogP contribution in [0.25, 0.3) is 11.3 Å². The van der Waals surface area contributed by atoms with Gasteiger partial charge in [-0.05, 0) is 24.5 Å². The van der Waals surface area contributed by atoms with E-state index in [1.807, 2.05) is 27.7 Å². The fourth-order valence-corrected chi connectivity index (χ4v) is 3.02. The van der Waals surface area contributed by atoms with Crippen LogP contribution in [-0.2, 0) is 18.6 Å². The Morgan fingerprint density at radius 3 is 2.18 bits per heavy atom. The number of alkyl halides is 3. The molecule has 1 aromatic heterocycles. The number of aromatic nitrogens is 2. The maximum Gasteiger partial charge on any atom is 0.416 e. The van der Waals surface area contributed by atoms with Gasteiger partial charge in [0.15, 0.2) is 0 Å². The largest absolute Gasteiger partial charge is 0.416 e. The van der Waals surface area contributed by atoms with Gasteiger partial charge in [0, 0.05) is 18.2 Å². The van der Waals surface area contributed by atoms with Gasteiger partial charge < -0.3 is 0 Å². The topological polar surface area (TPSA) is 17.8 Å². The van der Waals surface area contributed by atoms with E-state index in [0.29, 0.717) is 5.56 Å². The summed E-state index contributed by atoms with van der Waals surface area (Å²) in [6.45, 7) is 8.01. The van der Waals surface area contributed by atoms with Crippen LogP contribution in [0.2, 0.25) is 5.02 Å². The highest BCUT2D eigenvalue weighted by molar-refractivity contribution is 6.33. The van der Waals surface area contributed by atoms with Crippen molar-refractivity contribution in [1.29, 1.82) is 0 Å². The van der Waals surface area contributed by atoms with Crippen LogP contribution in [0.5, 0.6) is 0 Å². The van der Waals surface area contributed by atoms with Crippen molar-refractivity contribution in [2.24, 2.45) is 7.05 Å². The molecule has 0 aliphatic rings. The van der Waals surface area contributed by atoms with E-state index in [4.69, 9.17) is 11.6 Å². The van der Waals surface area contributed by atoms with Crippen LogP contribution < -0.4 is 0 Å². The van der Waals surface area contributed by atoms with E-state index in [0.717, 1.165) is 29.1 Å². The number of hydrogen-bond donors (Lipinski definition) is 0. The SMILES string of the molecule is Cc1nn(C)c(-c2ccc(C(F)(F)F)cc2Cl)c1C(C)(C)C. The molecule has 22 heavy (non-hydrogen) atoms. The fraction of sp³-hybridized carbons (Fsp3) is 0.438. The summed E-state index contributed by atoms with van der Waals surface area (Å²) in [4.78, 5) is 0. The first-order chi connectivity index (χ1) is 9.93. The predicted octanol–water partition coefficient (Wildman–Crippen LogP) is 5.37. The minimum absolute atomic E-state index is 0.0725. The number of hydrogen-bond acceptors (Lipinski definition) is 1. The van der Waals surface area contributed by atoms with Gasteiger partial charge in [0.05, 0.1) is 22.0 Å². The van der Waals surface area contributed by atoms with Crippen molar-refractivity contribution in [3.8, 4) is 11.3 Å². The molecule has 0 unspecified atom stereocenters. The molecule has 0 amide bonds. The molecule has 0 radical (unpaired) electrons. The second-order valence-corrected chi connectivity index (χ2v) is 6.78. The first-order valence-corrected chi connectivity index (χ1v) is 7.22. The lowest BCUT2D eigenvalue weighted by molar-refractivity contribution is -0.137. The van der Waals surface area contributed by atoms with Gasteiger partial charge in [0.2, 0.25) is 0 Å². The molecular formula is C16H18ClF3N2. The van der Waals surface area contributed by atoms with Gasteiger partial charge >= 0.3 is 6.18 Å². The summed E-state index contributed by atoms with van der Waals surface area (Å²) in [5.41, 5.74) is 2.20. The monoisotopic (exact) mass is 330 g/mol. The molecule has 0 fully saturated rings. The van der Waals surface area contributed by atoms with E-state index in [2.05, 4.69) is 5.10 Å². The lowest BCUT2D eigenvalue weighted by Gasteiger charge is -2.21. The molecule has 2 nitrogen and oxygen atoms in total. The minimum Gasteiger partial charge on any atom is -0.267 e. The van der Waals surface area contributed by atoms with E-state index in [9.17, 15) is 13.2 Å². The van der Waals surface area contributed by atoms with Crippen molar-refractivity contribution in [2.45, 2.75) is 39.3 Å². The maximum atomic E-state index is 12.8. The summed E-state index contributed by atoms with van der Waals surface area (Å²) in [7, 11) is 1.77. The van der Waals surface area contributed by atoms with Crippen LogP contribution in [0.3, 0.4) is 0 Å². The maximum absolute atomic E-state index is 12.8. The quantitative estimate of drug-likeness (QED) is 0.687. The Morgan fingerprint density at radius 2 is 1.73 bits per heavy atom. The molecule has 1 heterocycles. The number of rotatable bonds is 1.